The minimum Gasteiger partial charge on any atom is -0.233 e. The predicted molar refractivity (Wildman–Crippen MR) is 120 cm³/mol. The van der Waals surface area contributed by atoms with E-state index in [0.717, 1.165) is 18.0 Å². The van der Waals surface area contributed by atoms with Crippen molar-refractivity contribution in [1.82, 2.24) is 9.78 Å². The van der Waals surface area contributed by atoms with Crippen molar-refractivity contribution in [3.63, 3.8) is 0 Å². The van der Waals surface area contributed by atoms with E-state index in [1.165, 1.54) is 54.5 Å². The summed E-state index contributed by atoms with van der Waals surface area (Å²) in [5.74, 6) is 0.785. The summed E-state index contributed by atoms with van der Waals surface area (Å²) >= 11 is 0. The molecule has 2 aliphatic rings. The van der Waals surface area contributed by atoms with Crippen molar-refractivity contribution in [2.45, 2.75) is 52.4 Å². The fraction of sp³-hybridized carbons (Fsp3) is 0.370. The Bertz CT molecular complexity index is 1030. The van der Waals surface area contributed by atoms with Gasteiger partial charge in [-0.25, -0.2) is 4.68 Å². The van der Waals surface area contributed by atoms with Crippen LogP contribution in [0.5, 0.6) is 0 Å². The van der Waals surface area contributed by atoms with E-state index in [1.54, 1.807) is 5.57 Å². The fourth-order valence-corrected chi connectivity index (χ4v) is 5.49. The number of aromatic nitrogens is 2. The lowest BCUT2D eigenvalue weighted by Gasteiger charge is -2.36. The number of fused-ring (bicyclic) bond motifs is 2. The van der Waals surface area contributed by atoms with Gasteiger partial charge in [-0.2, -0.15) is 5.10 Å². The third kappa shape index (κ3) is 3.35. The van der Waals surface area contributed by atoms with Crippen LogP contribution in [0, 0.1) is 18.3 Å². The van der Waals surface area contributed by atoms with Gasteiger partial charge >= 0.3 is 0 Å². The second-order valence-electron chi connectivity index (χ2n) is 9.18. The van der Waals surface area contributed by atoms with Gasteiger partial charge in [0.25, 0.3) is 0 Å². The van der Waals surface area contributed by atoms with Crippen LogP contribution in [0.1, 0.15) is 55.0 Å². The van der Waals surface area contributed by atoms with Crippen molar-refractivity contribution < 1.29 is 0 Å². The lowest BCUT2D eigenvalue weighted by molar-refractivity contribution is 0.252. The summed E-state index contributed by atoms with van der Waals surface area (Å²) in [6.45, 7) is 4.64. The first kappa shape index (κ1) is 18.4. The number of benzene rings is 2. The van der Waals surface area contributed by atoms with Crippen molar-refractivity contribution in [3.8, 4) is 5.69 Å². The molecule has 0 saturated heterocycles. The zero-order valence-electron chi connectivity index (χ0n) is 17.6. The Balaban J connectivity index is 1.34. The molecule has 3 aromatic rings. The third-order valence-corrected chi connectivity index (χ3v) is 7.29. The van der Waals surface area contributed by atoms with E-state index in [1.807, 2.05) is 0 Å². The van der Waals surface area contributed by atoms with Crippen LogP contribution in [0.2, 0.25) is 0 Å². The number of hydrogen-bond donors (Lipinski definition) is 0. The summed E-state index contributed by atoms with van der Waals surface area (Å²) in [6.07, 6.45) is 12.1. The standard InChI is InChI=1S/C27H30N2/c1-20-11-15-25(16-12-20)29-26-17-24-14-13-23(27(24,2)18-22(26)19-28-29)10-6-9-21-7-4-3-5-8-21/h3-5,7-8,11-12,15-17,19,23H,6,9-10,13-14,18H2,1-2H3/t23?,27-/m1/s1. The van der Waals surface area contributed by atoms with E-state index in [9.17, 15) is 0 Å². The van der Waals surface area contributed by atoms with Gasteiger partial charge in [0.2, 0.25) is 0 Å². The first-order valence-electron chi connectivity index (χ1n) is 11.0. The first-order valence-corrected chi connectivity index (χ1v) is 11.0. The van der Waals surface area contributed by atoms with E-state index < -0.39 is 0 Å². The predicted octanol–water partition coefficient (Wildman–Crippen LogP) is 6.56. The zero-order chi connectivity index (χ0) is 19.8. The molecule has 1 fully saturated rings. The third-order valence-electron chi connectivity index (χ3n) is 7.29. The van der Waals surface area contributed by atoms with Gasteiger partial charge in [-0.1, -0.05) is 60.5 Å². The molecule has 0 radical (unpaired) electrons. The Hall–Kier alpha value is -2.61. The van der Waals surface area contributed by atoms with Gasteiger partial charge in [0.15, 0.2) is 0 Å². The second kappa shape index (κ2) is 7.33. The van der Waals surface area contributed by atoms with Crippen LogP contribution in [0.3, 0.4) is 0 Å². The molecular weight excluding hydrogens is 352 g/mol. The minimum atomic E-state index is 0.310. The molecule has 29 heavy (non-hydrogen) atoms. The van der Waals surface area contributed by atoms with Crippen LogP contribution >= 0.6 is 0 Å². The van der Waals surface area contributed by atoms with Gasteiger partial charge in [-0.15, -0.1) is 0 Å². The van der Waals surface area contributed by atoms with E-state index in [0.29, 0.717) is 5.41 Å². The Kier molecular flexibility index (Phi) is 4.66. The molecule has 1 unspecified atom stereocenters. The lowest BCUT2D eigenvalue weighted by atomic mass is 9.68. The quantitative estimate of drug-likeness (QED) is 0.488. The van der Waals surface area contributed by atoms with Crippen LogP contribution in [0.25, 0.3) is 11.8 Å². The van der Waals surface area contributed by atoms with E-state index in [-0.39, 0.29) is 0 Å². The molecule has 5 rings (SSSR count). The summed E-state index contributed by atoms with van der Waals surface area (Å²) in [4.78, 5) is 0. The van der Waals surface area contributed by atoms with E-state index in [2.05, 4.69) is 85.4 Å². The van der Waals surface area contributed by atoms with Gasteiger partial charge in [0.1, 0.15) is 0 Å². The Morgan fingerprint density at radius 2 is 1.86 bits per heavy atom. The first-order chi connectivity index (χ1) is 14.1. The summed E-state index contributed by atoms with van der Waals surface area (Å²) < 4.78 is 2.13. The second-order valence-corrected chi connectivity index (χ2v) is 9.18. The molecule has 0 spiro atoms. The van der Waals surface area contributed by atoms with Crippen molar-refractivity contribution >= 4 is 6.08 Å². The molecule has 148 valence electrons. The van der Waals surface area contributed by atoms with Crippen molar-refractivity contribution in [1.29, 1.82) is 0 Å². The van der Waals surface area contributed by atoms with Crippen molar-refractivity contribution in [3.05, 3.63) is 88.8 Å². The van der Waals surface area contributed by atoms with Crippen molar-refractivity contribution in [2.24, 2.45) is 11.3 Å². The van der Waals surface area contributed by atoms with Gasteiger partial charge < -0.3 is 0 Å². The molecule has 2 nitrogen and oxygen atoms in total. The molecule has 1 saturated carbocycles. The largest absolute Gasteiger partial charge is 0.233 e. The molecule has 2 heteroatoms. The molecule has 0 N–H and O–H groups in total. The van der Waals surface area contributed by atoms with Crippen LogP contribution < -0.4 is 0 Å². The summed E-state index contributed by atoms with van der Waals surface area (Å²) in [5, 5.41) is 4.76. The summed E-state index contributed by atoms with van der Waals surface area (Å²) in [7, 11) is 0. The van der Waals surface area contributed by atoms with Crippen LogP contribution in [0.15, 0.2) is 66.4 Å². The number of allylic oxidation sites excluding steroid dienone is 1. The average Bonchev–Trinajstić information content (AvgIpc) is 3.28. The average molecular weight is 383 g/mol. The van der Waals surface area contributed by atoms with Gasteiger partial charge in [0.05, 0.1) is 17.6 Å². The van der Waals surface area contributed by atoms with Gasteiger partial charge in [-0.3, -0.25) is 0 Å². The van der Waals surface area contributed by atoms with Gasteiger partial charge in [-0.05, 0) is 86.1 Å². The maximum atomic E-state index is 4.76. The Labute approximate surface area is 174 Å². The highest BCUT2D eigenvalue weighted by Crippen LogP contribution is 2.54. The Morgan fingerprint density at radius 3 is 2.66 bits per heavy atom. The normalized spacial score (nSPS) is 22.8. The number of nitrogens with zero attached hydrogens (tertiary/aromatic N) is 2. The van der Waals surface area contributed by atoms with Crippen LogP contribution in [-0.4, -0.2) is 9.78 Å². The lowest BCUT2D eigenvalue weighted by Crippen LogP contribution is -2.29. The zero-order valence-corrected chi connectivity index (χ0v) is 17.6. The SMILES string of the molecule is Cc1ccc(-n2ncc3c2C=C2CCC(CCCc4ccccc4)[C@@]2(C)C3)cc1. The van der Waals surface area contributed by atoms with Gasteiger partial charge in [0, 0.05) is 0 Å². The van der Waals surface area contributed by atoms with Crippen LogP contribution in [-0.2, 0) is 12.8 Å². The smallest absolute Gasteiger partial charge is 0.0700 e. The molecule has 2 aliphatic carbocycles. The Morgan fingerprint density at radius 1 is 1.07 bits per heavy atom. The summed E-state index contributed by atoms with van der Waals surface area (Å²) in [6, 6.07) is 19.6. The number of rotatable bonds is 5. The molecule has 1 heterocycles. The van der Waals surface area contributed by atoms with Crippen molar-refractivity contribution in [2.75, 3.05) is 0 Å². The molecule has 1 aromatic heterocycles. The molecule has 2 atom stereocenters. The molecule has 0 amide bonds. The van der Waals surface area contributed by atoms with E-state index >= 15 is 0 Å². The minimum absolute atomic E-state index is 0.310. The molecular formula is C27H30N2. The van der Waals surface area contributed by atoms with Crippen LogP contribution in [0.4, 0.5) is 0 Å². The maximum absolute atomic E-state index is 4.76. The van der Waals surface area contributed by atoms with E-state index in [4.69, 9.17) is 5.10 Å². The highest BCUT2D eigenvalue weighted by molar-refractivity contribution is 5.61. The monoisotopic (exact) mass is 382 g/mol. The molecule has 0 aliphatic heterocycles. The molecule has 0 bridgehead atoms. The highest BCUT2D eigenvalue weighted by atomic mass is 15.3. The maximum Gasteiger partial charge on any atom is 0.0700 e. The number of hydrogen-bond acceptors (Lipinski definition) is 1. The topological polar surface area (TPSA) is 17.8 Å². The number of aryl methyl sites for hydroxylation is 2. The highest BCUT2D eigenvalue weighted by Gasteiger charge is 2.44. The molecule has 2 aromatic carbocycles. The fourth-order valence-electron chi connectivity index (χ4n) is 5.49. The summed E-state index contributed by atoms with van der Waals surface area (Å²) in [5.41, 5.74) is 8.58.